The number of nitrogens with one attached hydrogen (secondary N) is 1. The first kappa shape index (κ1) is 14.5. The van der Waals surface area contributed by atoms with Crippen molar-refractivity contribution in [1.29, 1.82) is 0 Å². The van der Waals surface area contributed by atoms with Crippen molar-refractivity contribution < 1.29 is 0 Å². The van der Waals surface area contributed by atoms with Gasteiger partial charge in [-0.3, -0.25) is 0 Å². The zero-order valence-corrected chi connectivity index (χ0v) is 13.4. The molecule has 0 radical (unpaired) electrons. The average molecular weight is 309 g/mol. The van der Waals surface area contributed by atoms with Crippen molar-refractivity contribution >= 4 is 5.95 Å². The number of aromatic nitrogens is 4. The quantitative estimate of drug-likeness (QED) is 0.913. The van der Waals surface area contributed by atoms with Gasteiger partial charge in [0.15, 0.2) is 0 Å². The highest BCUT2D eigenvalue weighted by Gasteiger charge is 2.24. The maximum absolute atomic E-state index is 4.72. The van der Waals surface area contributed by atoms with Gasteiger partial charge in [-0.2, -0.15) is 0 Å². The lowest BCUT2D eigenvalue weighted by atomic mass is 9.96. The van der Waals surface area contributed by atoms with Gasteiger partial charge in [0, 0.05) is 24.0 Å². The molecule has 120 valence electrons. The Kier molecular flexibility index (Phi) is 4.18. The van der Waals surface area contributed by atoms with Crippen molar-refractivity contribution in [2.45, 2.75) is 57.4 Å². The van der Waals surface area contributed by atoms with E-state index in [2.05, 4.69) is 20.3 Å². The minimum absolute atomic E-state index is 0.511. The predicted molar refractivity (Wildman–Crippen MR) is 90.0 cm³/mol. The number of anilines is 1. The van der Waals surface area contributed by atoms with Crippen LogP contribution in [0.3, 0.4) is 0 Å². The fraction of sp³-hybridized carbons (Fsp3) is 0.556. The average Bonchev–Trinajstić information content (AvgIpc) is 3.41. The van der Waals surface area contributed by atoms with Crippen LogP contribution in [0.4, 0.5) is 5.95 Å². The molecule has 2 aliphatic rings. The standard InChI is InChI=1S/C18H23N5/c1-2-4-14(5-3-1)22-18-20-9-8-16(23-18)15-11-19-12-21-17(15)10-13-6-7-13/h8-9,11-14H,1-7,10H2,(H,20,22,23). The Hall–Kier alpha value is -2.04. The minimum Gasteiger partial charge on any atom is -0.351 e. The molecule has 4 rings (SSSR count). The van der Waals surface area contributed by atoms with Gasteiger partial charge < -0.3 is 5.32 Å². The van der Waals surface area contributed by atoms with Gasteiger partial charge in [-0.05, 0) is 44.1 Å². The van der Waals surface area contributed by atoms with Crippen LogP contribution in [0.25, 0.3) is 11.3 Å². The third-order valence-electron chi connectivity index (χ3n) is 4.84. The maximum atomic E-state index is 4.72. The van der Waals surface area contributed by atoms with E-state index in [4.69, 9.17) is 4.98 Å². The zero-order chi connectivity index (χ0) is 15.5. The molecule has 2 aromatic heterocycles. The zero-order valence-electron chi connectivity index (χ0n) is 13.4. The van der Waals surface area contributed by atoms with Crippen LogP contribution in [0.5, 0.6) is 0 Å². The number of nitrogens with zero attached hydrogens (tertiary/aromatic N) is 4. The highest BCUT2D eigenvalue weighted by molar-refractivity contribution is 5.61. The molecule has 2 fully saturated rings. The molecule has 0 spiro atoms. The van der Waals surface area contributed by atoms with E-state index in [0.29, 0.717) is 6.04 Å². The highest BCUT2D eigenvalue weighted by atomic mass is 15.1. The van der Waals surface area contributed by atoms with Crippen molar-refractivity contribution in [3.05, 3.63) is 30.5 Å². The van der Waals surface area contributed by atoms with E-state index in [1.807, 2.05) is 18.5 Å². The highest BCUT2D eigenvalue weighted by Crippen LogP contribution is 2.34. The summed E-state index contributed by atoms with van der Waals surface area (Å²) in [5.41, 5.74) is 3.09. The number of hydrogen-bond acceptors (Lipinski definition) is 5. The largest absolute Gasteiger partial charge is 0.351 e. The molecule has 1 N–H and O–H groups in total. The summed E-state index contributed by atoms with van der Waals surface area (Å²) in [5.74, 6) is 1.53. The van der Waals surface area contributed by atoms with Gasteiger partial charge >= 0.3 is 0 Å². The Labute approximate surface area is 137 Å². The minimum atomic E-state index is 0.511. The normalized spacial score (nSPS) is 18.8. The summed E-state index contributed by atoms with van der Waals surface area (Å²) in [6.07, 6.45) is 15.4. The van der Waals surface area contributed by atoms with Crippen LogP contribution in [-0.2, 0) is 6.42 Å². The Balaban J connectivity index is 1.55. The summed E-state index contributed by atoms with van der Waals surface area (Å²) in [7, 11) is 0. The first-order valence-electron chi connectivity index (χ1n) is 8.77. The van der Waals surface area contributed by atoms with E-state index in [-0.39, 0.29) is 0 Å². The molecule has 2 heterocycles. The number of hydrogen-bond donors (Lipinski definition) is 1. The number of rotatable bonds is 5. The van der Waals surface area contributed by atoms with E-state index < -0.39 is 0 Å². The van der Waals surface area contributed by atoms with Crippen LogP contribution in [0, 0.1) is 5.92 Å². The molecule has 5 nitrogen and oxygen atoms in total. The first-order chi connectivity index (χ1) is 11.4. The predicted octanol–water partition coefficient (Wildman–Crippen LogP) is 3.63. The summed E-state index contributed by atoms with van der Waals surface area (Å²) in [5, 5.41) is 3.50. The van der Waals surface area contributed by atoms with Gasteiger partial charge in [0.25, 0.3) is 0 Å². The second-order valence-corrected chi connectivity index (χ2v) is 6.78. The van der Waals surface area contributed by atoms with E-state index >= 15 is 0 Å². The monoisotopic (exact) mass is 309 g/mol. The second kappa shape index (κ2) is 6.60. The second-order valence-electron chi connectivity index (χ2n) is 6.78. The van der Waals surface area contributed by atoms with Gasteiger partial charge in [-0.25, -0.2) is 19.9 Å². The Bertz CT molecular complexity index is 662. The van der Waals surface area contributed by atoms with Crippen LogP contribution < -0.4 is 5.32 Å². The van der Waals surface area contributed by atoms with Crippen molar-refractivity contribution in [2.75, 3.05) is 5.32 Å². The van der Waals surface area contributed by atoms with Gasteiger partial charge in [0.2, 0.25) is 5.95 Å². The summed E-state index contributed by atoms with van der Waals surface area (Å²) in [6, 6.07) is 2.47. The molecule has 0 bridgehead atoms. The molecule has 23 heavy (non-hydrogen) atoms. The van der Waals surface area contributed by atoms with Gasteiger partial charge in [-0.15, -0.1) is 0 Å². The molecular formula is C18H23N5. The fourth-order valence-corrected chi connectivity index (χ4v) is 3.33. The van der Waals surface area contributed by atoms with Crippen LogP contribution in [0.2, 0.25) is 0 Å². The summed E-state index contributed by atoms with van der Waals surface area (Å²) in [4.78, 5) is 17.8. The summed E-state index contributed by atoms with van der Waals surface area (Å²) < 4.78 is 0. The molecule has 0 saturated heterocycles. The van der Waals surface area contributed by atoms with Gasteiger partial charge in [-0.1, -0.05) is 19.3 Å². The smallest absolute Gasteiger partial charge is 0.223 e. The van der Waals surface area contributed by atoms with Crippen LogP contribution >= 0.6 is 0 Å². The van der Waals surface area contributed by atoms with Crippen LogP contribution in [-0.4, -0.2) is 26.0 Å². The summed E-state index contributed by atoms with van der Waals surface area (Å²) in [6.45, 7) is 0. The molecule has 2 aromatic rings. The Morgan fingerprint density at radius 3 is 2.74 bits per heavy atom. The SMILES string of the molecule is c1cc(-c2cncnc2CC2CC2)nc(NC2CCCCC2)n1. The Morgan fingerprint density at radius 1 is 1.04 bits per heavy atom. The fourth-order valence-electron chi connectivity index (χ4n) is 3.33. The molecule has 0 atom stereocenters. The van der Waals surface area contributed by atoms with E-state index in [9.17, 15) is 0 Å². The lowest BCUT2D eigenvalue weighted by molar-refractivity contribution is 0.461. The van der Waals surface area contributed by atoms with E-state index in [1.165, 1.54) is 44.9 Å². The van der Waals surface area contributed by atoms with Crippen molar-refractivity contribution in [3.63, 3.8) is 0 Å². The van der Waals surface area contributed by atoms with Gasteiger partial charge in [0.1, 0.15) is 6.33 Å². The van der Waals surface area contributed by atoms with E-state index in [0.717, 1.165) is 35.2 Å². The van der Waals surface area contributed by atoms with Crippen molar-refractivity contribution in [2.24, 2.45) is 5.92 Å². The Morgan fingerprint density at radius 2 is 1.91 bits per heavy atom. The van der Waals surface area contributed by atoms with E-state index in [1.54, 1.807) is 6.33 Å². The lowest BCUT2D eigenvalue weighted by Crippen LogP contribution is -2.23. The molecule has 2 saturated carbocycles. The molecule has 0 unspecified atom stereocenters. The third-order valence-corrected chi connectivity index (χ3v) is 4.84. The summed E-state index contributed by atoms with van der Waals surface area (Å²) >= 11 is 0. The first-order valence-corrected chi connectivity index (χ1v) is 8.77. The molecular weight excluding hydrogens is 286 g/mol. The van der Waals surface area contributed by atoms with Crippen molar-refractivity contribution in [3.8, 4) is 11.3 Å². The molecule has 0 aromatic carbocycles. The molecule has 5 heteroatoms. The van der Waals surface area contributed by atoms with Crippen LogP contribution in [0.1, 0.15) is 50.6 Å². The topological polar surface area (TPSA) is 63.6 Å². The third kappa shape index (κ3) is 3.66. The van der Waals surface area contributed by atoms with Gasteiger partial charge in [0.05, 0.1) is 11.4 Å². The molecule has 0 aliphatic heterocycles. The molecule has 2 aliphatic carbocycles. The lowest BCUT2D eigenvalue weighted by Gasteiger charge is -2.22. The molecule has 0 amide bonds. The maximum Gasteiger partial charge on any atom is 0.223 e. The van der Waals surface area contributed by atoms with Crippen molar-refractivity contribution in [1.82, 2.24) is 19.9 Å². The van der Waals surface area contributed by atoms with Crippen LogP contribution in [0.15, 0.2) is 24.8 Å².